The molecule has 3 unspecified atom stereocenters. The van der Waals surface area contributed by atoms with Gasteiger partial charge in [-0.2, -0.15) is 0 Å². The van der Waals surface area contributed by atoms with Gasteiger partial charge in [0, 0.05) is 37.5 Å². The van der Waals surface area contributed by atoms with E-state index in [9.17, 15) is 81.1 Å². The Morgan fingerprint density at radius 3 is 1.86 bits per heavy atom. The largest absolute Gasteiger partial charge is 0.469 e. The van der Waals surface area contributed by atoms with Crippen molar-refractivity contribution in [1.29, 1.82) is 0 Å². The summed E-state index contributed by atoms with van der Waals surface area (Å²) >= 11 is 0. The first kappa shape index (κ1) is 65.9. The van der Waals surface area contributed by atoms with Crippen LogP contribution < -0.4 is 5.32 Å². The number of methoxy groups -OCH3 is 1. The minimum atomic E-state index is -2.46. The molecule has 0 aromatic rings. The molecule has 0 spiro atoms. The van der Waals surface area contributed by atoms with E-state index in [1.54, 1.807) is 86.8 Å². The summed E-state index contributed by atoms with van der Waals surface area (Å²) < 4.78 is 34.0. The van der Waals surface area contributed by atoms with E-state index in [0.717, 1.165) is 7.11 Å². The summed E-state index contributed by atoms with van der Waals surface area (Å²) in [7, 11) is 1.08. The Hall–Kier alpha value is -3.64. The van der Waals surface area contributed by atoms with Crippen molar-refractivity contribution in [2.24, 2.45) is 17.8 Å². The van der Waals surface area contributed by atoms with E-state index >= 15 is 0 Å². The third kappa shape index (κ3) is 20.1. The zero-order chi connectivity index (χ0) is 57.2. The summed E-state index contributed by atoms with van der Waals surface area (Å²) in [6.07, 6.45) is -3.40. The van der Waals surface area contributed by atoms with Crippen molar-refractivity contribution in [3.8, 4) is 0 Å². The number of hydrogen-bond acceptors (Lipinski definition) is 23. The predicted octanol–water partition coefficient (Wildman–Crippen LogP) is -1.77. The second kappa shape index (κ2) is 31.4. The fourth-order valence-electron chi connectivity index (χ4n) is 9.61. The molecule has 0 aromatic heterocycles. The smallest absolute Gasteiger partial charge is 0.313 e. The molecule has 0 amide bonds. The number of allylic oxidation sites excluding steroid dienone is 12. The van der Waals surface area contributed by atoms with E-state index in [2.05, 4.69) is 5.32 Å². The molecule has 23 heteroatoms. The number of fused-ring (bicyclic) bond motifs is 2. The average molecular weight is 1100 g/mol. The van der Waals surface area contributed by atoms with Gasteiger partial charge in [-0.15, -0.1) is 0 Å². The number of carbonyl (C=O) groups is 2. The lowest BCUT2D eigenvalue weighted by atomic mass is 9.82. The molecule has 438 valence electrons. The first-order valence-electron chi connectivity index (χ1n) is 26.2. The molecule has 15 N–H and O–H groups in total. The highest BCUT2D eigenvalue weighted by Gasteiger charge is 2.53. The van der Waals surface area contributed by atoms with Crippen molar-refractivity contribution in [2.45, 2.75) is 201 Å². The standard InChI is InChI=1S/C54H85NO22/c1-30-18-16-14-12-10-8-6-7-9-11-13-15-17-19-37(76-52-49(67)45(47(65)33(4)75-52)55-29-54(71)50(68)48(66)41(62)28-73-54)25-42-44(51(69)72-5)40(61)27-53(70,77-42)26-36(58)23-39(60)38(59)21-20-34(56)22-35(57)24-43(63)74-32(3)31(2)46(30)64/h6-19,30-42,44-50,52,55-62,64-68,70-71H,20-29H2,1-5H3/b7-6+,10-8+,11-9+,14-12+,15-13+,18-16+,19-17+/t30-,31-,32-,33+,34+,35+,36-,37-,38+,39+,40-,41+,42?,44?,45-,46+,47+,48-,49-,50-,52?,53+,54+/m0/s1. The van der Waals surface area contributed by atoms with Crippen LogP contribution in [-0.4, -0.2) is 225 Å². The highest BCUT2D eigenvalue weighted by Crippen LogP contribution is 2.39. The van der Waals surface area contributed by atoms with Crippen LogP contribution in [0.2, 0.25) is 0 Å². The van der Waals surface area contributed by atoms with E-state index < -0.39 is 184 Å². The molecular formula is C54H85NO22. The molecule has 4 aliphatic rings. The molecular weight excluding hydrogens is 1010 g/mol. The number of aliphatic hydroxyl groups is 14. The van der Waals surface area contributed by atoms with Crippen molar-refractivity contribution >= 4 is 11.9 Å². The number of rotatable bonds is 6. The predicted molar refractivity (Wildman–Crippen MR) is 274 cm³/mol. The Labute approximate surface area is 449 Å². The number of nitrogens with one attached hydrogen (secondary N) is 1. The van der Waals surface area contributed by atoms with E-state index in [0.29, 0.717) is 0 Å². The maximum absolute atomic E-state index is 13.3. The molecule has 0 aliphatic carbocycles. The van der Waals surface area contributed by atoms with Gasteiger partial charge in [0.25, 0.3) is 0 Å². The van der Waals surface area contributed by atoms with Crippen LogP contribution in [0.5, 0.6) is 0 Å². The zero-order valence-corrected chi connectivity index (χ0v) is 44.3. The molecule has 0 saturated carbocycles. The maximum Gasteiger partial charge on any atom is 0.313 e. The molecule has 3 saturated heterocycles. The van der Waals surface area contributed by atoms with Crippen molar-refractivity contribution in [3.63, 3.8) is 0 Å². The van der Waals surface area contributed by atoms with E-state index in [4.69, 9.17) is 28.4 Å². The summed E-state index contributed by atoms with van der Waals surface area (Å²) in [5, 5.41) is 155. The summed E-state index contributed by atoms with van der Waals surface area (Å²) in [6.45, 7) is 5.44. The lowest BCUT2D eigenvalue weighted by Gasteiger charge is -2.46. The fraction of sp³-hybridized carbons (Fsp3) is 0.704. The van der Waals surface area contributed by atoms with Crippen LogP contribution in [0, 0.1) is 17.8 Å². The number of ether oxygens (including phenoxy) is 6. The van der Waals surface area contributed by atoms with Crippen LogP contribution in [0.25, 0.3) is 0 Å². The van der Waals surface area contributed by atoms with Crippen molar-refractivity contribution in [1.82, 2.24) is 5.32 Å². The summed E-state index contributed by atoms with van der Waals surface area (Å²) in [5.74, 6) is -8.74. The van der Waals surface area contributed by atoms with E-state index in [1.807, 2.05) is 13.0 Å². The first-order chi connectivity index (χ1) is 36.3. The maximum atomic E-state index is 13.3. The van der Waals surface area contributed by atoms with Gasteiger partial charge in [-0.1, -0.05) is 98.9 Å². The minimum Gasteiger partial charge on any atom is -0.469 e. The lowest BCUT2D eigenvalue weighted by Crippen LogP contribution is -2.69. The van der Waals surface area contributed by atoms with Gasteiger partial charge in [0.2, 0.25) is 5.79 Å². The SMILES string of the molecule is COC(=O)C1C2C[C@@H](OC3O[C@H](C)[C@@H](O)[C@H](NC[C@@]4(O)OC[C@@H](O)[C@H](O)[C@@H]4O)[C@@H]3O)/C=C/C=C/C=C/C=C/C=C/C=C/C=C/[C@H](C)[C@@H](O)[C@@H](C)[C@H](C)OC(=O)C[C@H](O)C[C@H](O)CC[C@@H](O)[C@H](O)C[C@H](O)C[C@](O)(C[C@@H]1O)O2. The van der Waals surface area contributed by atoms with Gasteiger partial charge in [0.05, 0.1) is 99.9 Å². The summed E-state index contributed by atoms with van der Waals surface area (Å²) in [4.78, 5) is 26.0. The normalized spacial score (nSPS) is 46.3. The van der Waals surface area contributed by atoms with Crippen molar-refractivity contribution in [3.05, 3.63) is 85.1 Å². The number of aliphatic hydroxyl groups excluding tert-OH is 12. The van der Waals surface area contributed by atoms with Crippen LogP contribution in [0.15, 0.2) is 85.1 Å². The van der Waals surface area contributed by atoms with Crippen LogP contribution in [0.4, 0.5) is 0 Å². The molecule has 0 radical (unpaired) electrons. The highest BCUT2D eigenvalue weighted by atomic mass is 16.7. The third-order valence-electron chi connectivity index (χ3n) is 14.4. The molecule has 0 aromatic carbocycles. The van der Waals surface area contributed by atoms with Crippen molar-refractivity contribution in [2.75, 3.05) is 20.3 Å². The molecule has 77 heavy (non-hydrogen) atoms. The Morgan fingerprint density at radius 2 is 1.25 bits per heavy atom. The summed E-state index contributed by atoms with van der Waals surface area (Å²) in [5.41, 5.74) is 0. The zero-order valence-electron chi connectivity index (χ0n) is 44.3. The molecule has 23 nitrogen and oxygen atoms in total. The number of cyclic esters (lactones) is 1. The highest BCUT2D eigenvalue weighted by molar-refractivity contribution is 5.74. The molecule has 3 fully saturated rings. The average Bonchev–Trinajstić information content (AvgIpc) is 3.36. The first-order valence-corrected chi connectivity index (χ1v) is 26.2. The number of carbonyl (C=O) groups excluding carboxylic acids is 2. The van der Waals surface area contributed by atoms with Gasteiger partial charge in [-0.3, -0.25) is 9.59 Å². The van der Waals surface area contributed by atoms with Crippen LogP contribution in [-0.2, 0) is 38.0 Å². The van der Waals surface area contributed by atoms with Crippen LogP contribution in [0.1, 0.15) is 79.1 Å². The van der Waals surface area contributed by atoms with Gasteiger partial charge in [0.15, 0.2) is 12.1 Å². The number of esters is 2. The Balaban J connectivity index is 1.61. The molecule has 4 rings (SSSR count). The summed E-state index contributed by atoms with van der Waals surface area (Å²) in [6, 6.07) is -1.34. The molecule has 23 atom stereocenters. The second-order valence-corrected chi connectivity index (χ2v) is 20.7. The third-order valence-corrected chi connectivity index (χ3v) is 14.4. The van der Waals surface area contributed by atoms with Crippen LogP contribution in [0.3, 0.4) is 0 Å². The quantitative estimate of drug-likeness (QED) is 0.131. The molecule has 2 bridgehead atoms. The Morgan fingerprint density at radius 1 is 0.649 bits per heavy atom. The van der Waals surface area contributed by atoms with Gasteiger partial charge in [-0.25, -0.2) is 0 Å². The Bertz CT molecular complexity index is 2020. The van der Waals surface area contributed by atoms with Crippen molar-refractivity contribution < 1.29 is 110 Å². The van der Waals surface area contributed by atoms with E-state index in [-0.39, 0.29) is 31.6 Å². The fourth-order valence-corrected chi connectivity index (χ4v) is 9.61. The minimum absolute atomic E-state index is 0.132. The Kier molecular flexibility index (Phi) is 26.8. The second-order valence-electron chi connectivity index (χ2n) is 20.7. The number of hydrogen-bond donors (Lipinski definition) is 15. The lowest BCUT2D eigenvalue weighted by molar-refractivity contribution is -0.323. The molecule has 4 aliphatic heterocycles. The topological polar surface area (TPSA) is 385 Å². The monoisotopic (exact) mass is 1100 g/mol. The van der Waals surface area contributed by atoms with Crippen LogP contribution >= 0.6 is 0 Å². The molecule has 4 heterocycles. The van der Waals surface area contributed by atoms with E-state index in [1.165, 1.54) is 13.0 Å². The van der Waals surface area contributed by atoms with Gasteiger partial charge in [-0.05, 0) is 33.1 Å². The van der Waals surface area contributed by atoms with Gasteiger partial charge in [0.1, 0.15) is 36.4 Å². The van der Waals surface area contributed by atoms with Gasteiger partial charge >= 0.3 is 11.9 Å². The van der Waals surface area contributed by atoms with Gasteiger partial charge < -0.3 is 105 Å².